The Morgan fingerprint density at radius 3 is 3.11 bits per heavy atom. The van der Waals surface area contributed by atoms with Gasteiger partial charge in [-0.05, 0) is 19.8 Å². The molecule has 1 aromatic heterocycles. The lowest BCUT2D eigenvalue weighted by Crippen LogP contribution is -2.45. The first kappa shape index (κ1) is 14.2. The average molecular weight is 284 g/mol. The van der Waals surface area contributed by atoms with Gasteiger partial charge in [0.05, 0.1) is 17.8 Å². The lowest BCUT2D eigenvalue weighted by atomic mass is 9.86. The van der Waals surface area contributed by atoms with Crippen LogP contribution in [0.1, 0.15) is 42.5 Å². The summed E-state index contributed by atoms with van der Waals surface area (Å²) in [5, 5.41) is 12.6. The van der Waals surface area contributed by atoms with Gasteiger partial charge in [0.1, 0.15) is 11.5 Å². The summed E-state index contributed by atoms with van der Waals surface area (Å²) in [5.41, 5.74) is -0.0640. The number of aliphatic hydroxyl groups excluding tert-OH is 1. The van der Waals surface area contributed by atoms with E-state index in [0.29, 0.717) is 5.82 Å². The molecule has 0 radical (unpaired) electrons. The summed E-state index contributed by atoms with van der Waals surface area (Å²) in [5.74, 6) is 0.202. The van der Waals surface area contributed by atoms with Crippen molar-refractivity contribution in [2.45, 2.75) is 39.2 Å². The summed E-state index contributed by atoms with van der Waals surface area (Å²) < 4.78 is 0. The van der Waals surface area contributed by atoms with E-state index in [-0.39, 0.29) is 34.7 Å². The van der Waals surface area contributed by atoms with Gasteiger partial charge in [-0.15, -0.1) is 0 Å². The maximum Gasteiger partial charge on any atom is 0.271 e. The van der Waals surface area contributed by atoms with Crippen molar-refractivity contribution in [2.75, 3.05) is 6.61 Å². The standard InChI is InChI=1S/C13H18ClN3O2/c1-8-15-6-9(14)11(16-8)12(19)17-10-4-3-5-13(10,2)7-18/h6,10,18H,3-5,7H2,1-2H3,(H,17,19). The second kappa shape index (κ2) is 5.43. The third-order valence-electron chi connectivity index (χ3n) is 3.83. The molecule has 0 saturated heterocycles. The van der Waals surface area contributed by atoms with Gasteiger partial charge in [-0.25, -0.2) is 9.97 Å². The van der Waals surface area contributed by atoms with E-state index in [2.05, 4.69) is 15.3 Å². The Hall–Kier alpha value is -1.20. The van der Waals surface area contributed by atoms with Crippen LogP contribution in [0.25, 0.3) is 0 Å². The fourth-order valence-corrected chi connectivity index (χ4v) is 2.69. The molecule has 1 aromatic rings. The SMILES string of the molecule is Cc1ncc(Cl)c(C(=O)NC2CCCC2(C)CO)n1. The molecule has 0 aliphatic heterocycles. The molecule has 2 atom stereocenters. The van der Waals surface area contributed by atoms with Crippen LogP contribution in [0.2, 0.25) is 5.02 Å². The van der Waals surface area contributed by atoms with Crippen LogP contribution >= 0.6 is 11.6 Å². The number of nitrogens with zero attached hydrogens (tertiary/aromatic N) is 2. The fourth-order valence-electron chi connectivity index (χ4n) is 2.51. The Labute approximate surface area is 117 Å². The fraction of sp³-hybridized carbons (Fsp3) is 0.615. The zero-order valence-corrected chi connectivity index (χ0v) is 11.9. The average Bonchev–Trinajstić information content (AvgIpc) is 2.74. The van der Waals surface area contributed by atoms with Gasteiger partial charge in [-0.2, -0.15) is 0 Å². The molecule has 1 aliphatic carbocycles. The predicted octanol–water partition coefficient (Wildman–Crippen LogP) is 1.72. The van der Waals surface area contributed by atoms with Crippen LogP contribution in [0.5, 0.6) is 0 Å². The van der Waals surface area contributed by atoms with Crippen molar-refractivity contribution in [3.05, 3.63) is 22.7 Å². The van der Waals surface area contributed by atoms with Gasteiger partial charge in [-0.3, -0.25) is 4.79 Å². The highest BCUT2D eigenvalue weighted by Crippen LogP contribution is 2.37. The Morgan fingerprint density at radius 2 is 2.42 bits per heavy atom. The Kier molecular flexibility index (Phi) is 4.06. The molecule has 104 valence electrons. The number of aryl methyl sites for hydroxylation is 1. The van der Waals surface area contributed by atoms with E-state index in [1.807, 2.05) is 6.92 Å². The Morgan fingerprint density at radius 1 is 1.68 bits per heavy atom. The summed E-state index contributed by atoms with van der Waals surface area (Å²) in [6.45, 7) is 3.76. The quantitative estimate of drug-likeness (QED) is 0.886. The van der Waals surface area contributed by atoms with E-state index in [0.717, 1.165) is 19.3 Å². The van der Waals surface area contributed by atoms with E-state index < -0.39 is 0 Å². The number of aromatic nitrogens is 2. The van der Waals surface area contributed by atoms with Crippen LogP contribution in [0.15, 0.2) is 6.20 Å². The molecule has 2 unspecified atom stereocenters. The molecular weight excluding hydrogens is 266 g/mol. The van der Waals surface area contributed by atoms with Crippen LogP contribution in [-0.4, -0.2) is 33.6 Å². The number of nitrogens with one attached hydrogen (secondary N) is 1. The Balaban J connectivity index is 2.15. The minimum Gasteiger partial charge on any atom is -0.396 e. The van der Waals surface area contributed by atoms with Crippen molar-refractivity contribution in [3.8, 4) is 0 Å². The van der Waals surface area contributed by atoms with E-state index in [9.17, 15) is 9.90 Å². The highest BCUT2D eigenvalue weighted by atomic mass is 35.5. The molecule has 1 heterocycles. The molecule has 6 heteroatoms. The predicted molar refractivity (Wildman–Crippen MR) is 72.1 cm³/mol. The number of aliphatic hydroxyl groups is 1. The van der Waals surface area contributed by atoms with Crippen molar-refractivity contribution in [2.24, 2.45) is 5.41 Å². The van der Waals surface area contributed by atoms with Crippen molar-refractivity contribution in [1.29, 1.82) is 0 Å². The summed E-state index contributed by atoms with van der Waals surface area (Å²) in [6.07, 6.45) is 4.20. The number of hydrogen-bond acceptors (Lipinski definition) is 4. The van der Waals surface area contributed by atoms with Crippen LogP contribution in [0.4, 0.5) is 0 Å². The van der Waals surface area contributed by atoms with Crippen LogP contribution in [0, 0.1) is 12.3 Å². The molecule has 1 aliphatic rings. The minimum atomic E-state index is -0.304. The Bertz CT molecular complexity index is 495. The zero-order valence-electron chi connectivity index (χ0n) is 11.1. The van der Waals surface area contributed by atoms with Gasteiger partial charge in [0.25, 0.3) is 5.91 Å². The summed E-state index contributed by atoms with van der Waals surface area (Å²) >= 11 is 5.95. The molecule has 19 heavy (non-hydrogen) atoms. The molecule has 2 N–H and O–H groups in total. The largest absolute Gasteiger partial charge is 0.396 e. The third kappa shape index (κ3) is 2.87. The van der Waals surface area contributed by atoms with Gasteiger partial charge in [0.15, 0.2) is 0 Å². The number of rotatable bonds is 3. The first-order valence-electron chi connectivity index (χ1n) is 6.37. The molecule has 1 amide bonds. The first-order valence-corrected chi connectivity index (χ1v) is 6.75. The molecule has 0 spiro atoms. The van der Waals surface area contributed by atoms with Crippen LogP contribution in [-0.2, 0) is 0 Å². The smallest absolute Gasteiger partial charge is 0.271 e. The molecule has 5 nitrogen and oxygen atoms in total. The van der Waals surface area contributed by atoms with Gasteiger partial charge < -0.3 is 10.4 Å². The van der Waals surface area contributed by atoms with Gasteiger partial charge in [0.2, 0.25) is 0 Å². The maximum absolute atomic E-state index is 12.2. The summed E-state index contributed by atoms with van der Waals surface area (Å²) in [6, 6.07) is -0.0451. The number of amides is 1. The van der Waals surface area contributed by atoms with Crippen molar-refractivity contribution < 1.29 is 9.90 Å². The van der Waals surface area contributed by atoms with E-state index >= 15 is 0 Å². The molecule has 1 fully saturated rings. The van der Waals surface area contributed by atoms with Gasteiger partial charge >= 0.3 is 0 Å². The summed E-state index contributed by atoms with van der Waals surface area (Å²) in [7, 11) is 0. The van der Waals surface area contributed by atoms with Crippen molar-refractivity contribution >= 4 is 17.5 Å². The monoisotopic (exact) mass is 283 g/mol. The number of hydrogen-bond donors (Lipinski definition) is 2. The lowest BCUT2D eigenvalue weighted by molar-refractivity contribution is 0.0826. The topological polar surface area (TPSA) is 75.1 Å². The molecule has 0 bridgehead atoms. The summed E-state index contributed by atoms with van der Waals surface area (Å²) in [4.78, 5) is 20.2. The highest BCUT2D eigenvalue weighted by Gasteiger charge is 2.39. The minimum absolute atomic E-state index is 0.0451. The lowest BCUT2D eigenvalue weighted by Gasteiger charge is -2.30. The molecule has 2 rings (SSSR count). The number of halogens is 1. The van der Waals surface area contributed by atoms with E-state index in [1.165, 1.54) is 6.20 Å². The third-order valence-corrected chi connectivity index (χ3v) is 4.10. The van der Waals surface area contributed by atoms with E-state index in [1.54, 1.807) is 6.92 Å². The number of carbonyl (C=O) groups excluding carboxylic acids is 1. The second-order valence-electron chi connectivity index (χ2n) is 5.34. The van der Waals surface area contributed by atoms with Crippen LogP contribution < -0.4 is 5.32 Å². The number of carbonyl (C=O) groups is 1. The zero-order chi connectivity index (χ0) is 14.0. The second-order valence-corrected chi connectivity index (χ2v) is 5.75. The van der Waals surface area contributed by atoms with Gasteiger partial charge in [0, 0.05) is 11.5 Å². The van der Waals surface area contributed by atoms with Crippen LogP contribution in [0.3, 0.4) is 0 Å². The van der Waals surface area contributed by atoms with Crippen molar-refractivity contribution in [3.63, 3.8) is 0 Å². The maximum atomic E-state index is 12.2. The highest BCUT2D eigenvalue weighted by molar-refractivity contribution is 6.33. The van der Waals surface area contributed by atoms with Crippen molar-refractivity contribution in [1.82, 2.24) is 15.3 Å². The van der Waals surface area contributed by atoms with Gasteiger partial charge in [-0.1, -0.05) is 24.9 Å². The van der Waals surface area contributed by atoms with E-state index in [4.69, 9.17) is 11.6 Å². The molecule has 1 saturated carbocycles. The first-order chi connectivity index (χ1) is 8.96. The molecule has 0 aromatic carbocycles. The normalized spacial score (nSPS) is 26.4. The molecular formula is C13H18ClN3O2.